The van der Waals surface area contributed by atoms with Crippen LogP contribution in [0.15, 0.2) is 25.3 Å². The summed E-state index contributed by atoms with van der Waals surface area (Å²) in [6, 6.07) is 0. The van der Waals surface area contributed by atoms with Crippen LogP contribution in [0.1, 0.15) is 0 Å². The van der Waals surface area contributed by atoms with Gasteiger partial charge in [-0.15, -0.1) is 13.2 Å². The van der Waals surface area contributed by atoms with Gasteiger partial charge in [0.15, 0.2) is 0 Å². The Kier molecular flexibility index (Phi) is 1.94. The zero-order chi connectivity index (χ0) is 5.91. The molecule has 7 heavy (non-hydrogen) atoms. The van der Waals surface area contributed by atoms with E-state index in [4.69, 9.17) is 15.7 Å². The molecule has 0 spiro atoms. The van der Waals surface area contributed by atoms with Gasteiger partial charge in [-0.1, -0.05) is 17.4 Å². The van der Waals surface area contributed by atoms with Crippen molar-refractivity contribution in [3.63, 3.8) is 0 Å². The normalized spacial score (nSPS) is 10.3. The van der Waals surface area contributed by atoms with E-state index < -0.39 is 5.21 Å². The molecule has 0 atom stereocenters. The molecule has 2 heteroatoms. The largest absolute Gasteiger partial charge is 0.104 e. The average Bonchev–Trinajstić information content (AvgIpc) is 1.68. The lowest BCUT2D eigenvalue weighted by molar-refractivity contribution is 1.26. The second-order valence-electron chi connectivity index (χ2n) is 1.41. The Bertz CT molecular complexity index is 74.1. The maximum Gasteiger partial charge on any atom is 0.0728 e. The van der Waals surface area contributed by atoms with Crippen LogP contribution in [0.3, 0.4) is 0 Å². The van der Waals surface area contributed by atoms with Crippen molar-refractivity contribution in [2.24, 2.45) is 0 Å². The smallest absolute Gasteiger partial charge is 0.0728 e. The summed E-state index contributed by atoms with van der Waals surface area (Å²) in [5, 5.41) is -0.889. The summed E-state index contributed by atoms with van der Waals surface area (Å²) in [5.41, 5.74) is 0. The highest BCUT2D eigenvalue weighted by molar-refractivity contribution is 6.42. The van der Waals surface area contributed by atoms with Gasteiger partial charge in [-0.25, -0.2) is 0 Å². The van der Waals surface area contributed by atoms with Gasteiger partial charge in [0.2, 0.25) is 0 Å². The molecule has 0 saturated carbocycles. The Labute approximate surface area is 47.1 Å². The minimum absolute atomic E-state index is 0.889. The van der Waals surface area contributed by atoms with Crippen LogP contribution in [0.5, 0.6) is 0 Å². The second-order valence-corrected chi connectivity index (χ2v) is 1.41. The third-order valence-corrected chi connectivity index (χ3v) is 0.707. The molecule has 32 valence electrons. The van der Waals surface area contributed by atoms with Crippen LogP contribution < -0.4 is 0 Å². The van der Waals surface area contributed by atoms with Gasteiger partial charge in [-0.2, -0.15) is 0 Å². The fraction of sp³-hybridized carbons (Fsp3) is 0.200. The Morgan fingerprint density at radius 3 is 1.43 bits per heavy atom. The van der Waals surface area contributed by atoms with Crippen molar-refractivity contribution in [1.29, 1.82) is 0 Å². The molecule has 0 aliphatic heterocycles. The first-order valence-corrected chi connectivity index (χ1v) is 1.97. The van der Waals surface area contributed by atoms with E-state index >= 15 is 0 Å². The van der Waals surface area contributed by atoms with Gasteiger partial charge in [0.05, 0.1) is 15.7 Å². The first kappa shape index (κ1) is 6.61. The molecular formula is C5H6B2. The fourth-order valence-corrected chi connectivity index (χ4v) is 0.0833. The maximum atomic E-state index is 5.26. The second kappa shape index (κ2) is 2.06. The summed E-state index contributed by atoms with van der Waals surface area (Å²) in [4.78, 5) is 0. The maximum absolute atomic E-state index is 5.26. The topological polar surface area (TPSA) is 0 Å². The Morgan fingerprint density at radius 1 is 1.14 bits per heavy atom. The fourth-order valence-electron chi connectivity index (χ4n) is 0.0833. The van der Waals surface area contributed by atoms with E-state index in [1.807, 2.05) is 0 Å². The van der Waals surface area contributed by atoms with Gasteiger partial charge in [-0.05, 0) is 0 Å². The van der Waals surface area contributed by atoms with Crippen LogP contribution in [-0.4, -0.2) is 15.7 Å². The van der Waals surface area contributed by atoms with Gasteiger partial charge >= 0.3 is 0 Å². The third kappa shape index (κ3) is 2.32. The molecule has 0 N–H and O–H groups in total. The van der Waals surface area contributed by atoms with Crippen LogP contribution in [0.4, 0.5) is 0 Å². The quantitative estimate of drug-likeness (QED) is 0.346. The van der Waals surface area contributed by atoms with Gasteiger partial charge < -0.3 is 0 Å². The standard InChI is InChI=1S/C5H6B2/c1-3-5(6,7)4-2/h3-4H,1-2H2. The lowest BCUT2D eigenvalue weighted by atomic mass is 9.55. The zero-order valence-electron chi connectivity index (χ0n) is 4.22. The molecule has 0 bridgehead atoms. The van der Waals surface area contributed by atoms with E-state index in [0.29, 0.717) is 0 Å². The van der Waals surface area contributed by atoms with Crippen LogP contribution >= 0.6 is 0 Å². The molecule has 0 unspecified atom stereocenters. The Morgan fingerprint density at radius 2 is 1.43 bits per heavy atom. The zero-order valence-corrected chi connectivity index (χ0v) is 4.22. The van der Waals surface area contributed by atoms with Crippen molar-refractivity contribution in [3.8, 4) is 0 Å². The predicted octanol–water partition coefficient (Wildman–Crippen LogP) is 0.812. The molecule has 4 radical (unpaired) electrons. The molecule has 0 amide bonds. The van der Waals surface area contributed by atoms with E-state index in [9.17, 15) is 0 Å². The molecule has 0 rings (SSSR count). The first-order valence-electron chi connectivity index (χ1n) is 1.97. The van der Waals surface area contributed by atoms with E-state index in [1.165, 1.54) is 12.2 Å². The molecule has 0 saturated heterocycles. The number of rotatable bonds is 2. The summed E-state index contributed by atoms with van der Waals surface area (Å²) in [7, 11) is 10.5. The van der Waals surface area contributed by atoms with Gasteiger partial charge in [0.1, 0.15) is 0 Å². The average molecular weight is 87.7 g/mol. The molecule has 0 aromatic heterocycles. The molecule has 0 aromatic carbocycles. The predicted molar refractivity (Wildman–Crippen MR) is 34.6 cm³/mol. The summed E-state index contributed by atoms with van der Waals surface area (Å²) in [6.07, 6.45) is 2.86. The number of hydrogen-bond donors (Lipinski definition) is 0. The molecule has 0 aromatic rings. The monoisotopic (exact) mass is 88.1 g/mol. The van der Waals surface area contributed by atoms with Crippen molar-refractivity contribution in [1.82, 2.24) is 0 Å². The summed E-state index contributed by atoms with van der Waals surface area (Å²) in [5.74, 6) is 0. The van der Waals surface area contributed by atoms with E-state index in [2.05, 4.69) is 13.2 Å². The number of allylic oxidation sites excluding steroid dienone is 2. The third-order valence-electron chi connectivity index (χ3n) is 0.707. The van der Waals surface area contributed by atoms with Crippen LogP contribution in [0, 0.1) is 0 Å². The molecule has 0 nitrogen and oxygen atoms in total. The van der Waals surface area contributed by atoms with Crippen molar-refractivity contribution in [2.75, 3.05) is 0 Å². The van der Waals surface area contributed by atoms with E-state index in [1.54, 1.807) is 0 Å². The highest BCUT2D eigenvalue weighted by Gasteiger charge is 2.02. The van der Waals surface area contributed by atoms with Crippen molar-refractivity contribution in [3.05, 3.63) is 25.3 Å². The minimum Gasteiger partial charge on any atom is -0.104 e. The van der Waals surface area contributed by atoms with Crippen LogP contribution in [0.2, 0.25) is 5.21 Å². The summed E-state index contributed by atoms with van der Waals surface area (Å²) < 4.78 is 0. The van der Waals surface area contributed by atoms with E-state index in [0.717, 1.165) is 0 Å². The van der Waals surface area contributed by atoms with Crippen molar-refractivity contribution < 1.29 is 0 Å². The molecule has 0 aliphatic carbocycles. The molecular weight excluding hydrogens is 81.7 g/mol. The Hall–Kier alpha value is -0.390. The van der Waals surface area contributed by atoms with Gasteiger partial charge in [-0.3, -0.25) is 0 Å². The summed E-state index contributed by atoms with van der Waals surface area (Å²) in [6.45, 7) is 6.76. The first-order chi connectivity index (χ1) is 3.12. The molecule has 0 aliphatic rings. The lowest BCUT2D eigenvalue weighted by Crippen LogP contribution is -2.02. The summed E-state index contributed by atoms with van der Waals surface area (Å²) >= 11 is 0. The van der Waals surface area contributed by atoms with Crippen molar-refractivity contribution in [2.45, 2.75) is 5.21 Å². The highest BCUT2D eigenvalue weighted by Crippen LogP contribution is 2.15. The minimum atomic E-state index is -0.889. The Balaban J connectivity index is 3.82. The SMILES string of the molecule is [B]C([B])(C=C)C=C. The molecule has 0 heterocycles. The molecule has 0 fully saturated rings. The van der Waals surface area contributed by atoms with Crippen LogP contribution in [0.25, 0.3) is 0 Å². The van der Waals surface area contributed by atoms with Crippen molar-refractivity contribution >= 4 is 15.7 Å². The van der Waals surface area contributed by atoms with Gasteiger partial charge in [0.25, 0.3) is 0 Å². The van der Waals surface area contributed by atoms with Gasteiger partial charge in [0, 0.05) is 0 Å². The highest BCUT2D eigenvalue weighted by atomic mass is 13.9. The number of hydrogen-bond acceptors (Lipinski definition) is 0. The lowest BCUT2D eigenvalue weighted by Gasteiger charge is -2.11. The van der Waals surface area contributed by atoms with E-state index in [-0.39, 0.29) is 0 Å². The van der Waals surface area contributed by atoms with Crippen LogP contribution in [-0.2, 0) is 0 Å².